The first-order valence-corrected chi connectivity index (χ1v) is 10.1. The van der Waals surface area contributed by atoms with Gasteiger partial charge in [-0.15, -0.1) is 16.4 Å². The van der Waals surface area contributed by atoms with E-state index in [1.54, 1.807) is 39.1 Å². The molecule has 0 N–H and O–H groups in total. The maximum atomic E-state index is 5.93. The van der Waals surface area contributed by atoms with Gasteiger partial charge in [-0.1, -0.05) is 23.4 Å². The van der Waals surface area contributed by atoms with Crippen molar-refractivity contribution in [2.24, 2.45) is 0 Å². The molecule has 0 aliphatic heterocycles. The Hall–Kier alpha value is -1.74. The molecular formula is C15H10ClN5S3. The average molecular weight is 392 g/mol. The lowest BCUT2D eigenvalue weighted by atomic mass is 10.3. The first-order chi connectivity index (χ1) is 11.8. The lowest BCUT2D eigenvalue weighted by Crippen LogP contribution is -1.98. The summed E-state index contributed by atoms with van der Waals surface area (Å²) in [5.74, 6) is 0.717. The van der Waals surface area contributed by atoms with Gasteiger partial charge in [0.15, 0.2) is 0 Å². The largest absolute Gasteiger partial charge is 0.240 e. The zero-order valence-corrected chi connectivity index (χ0v) is 15.4. The average Bonchev–Trinajstić information content (AvgIpc) is 3.34. The predicted molar refractivity (Wildman–Crippen MR) is 99.2 cm³/mol. The van der Waals surface area contributed by atoms with Crippen molar-refractivity contribution in [3.05, 3.63) is 57.2 Å². The quantitative estimate of drug-likeness (QED) is 0.457. The molecule has 3 aromatic heterocycles. The number of tetrazole rings is 1. The highest BCUT2D eigenvalue weighted by Crippen LogP contribution is 2.29. The molecule has 0 unspecified atom stereocenters. The highest BCUT2D eigenvalue weighted by molar-refractivity contribution is 7.98. The lowest BCUT2D eigenvalue weighted by Gasteiger charge is -2.03. The second kappa shape index (κ2) is 7.02. The summed E-state index contributed by atoms with van der Waals surface area (Å²) in [7, 11) is 0. The van der Waals surface area contributed by atoms with Crippen molar-refractivity contribution >= 4 is 46.0 Å². The third-order valence-corrected chi connectivity index (χ3v) is 6.01. The molecule has 1 aromatic carbocycles. The van der Waals surface area contributed by atoms with Crippen molar-refractivity contribution in [2.45, 2.75) is 10.9 Å². The number of thiophene rings is 1. The molecule has 0 aliphatic carbocycles. The fraction of sp³-hybridized carbons (Fsp3) is 0.0667. The van der Waals surface area contributed by atoms with Crippen LogP contribution in [-0.4, -0.2) is 25.2 Å². The van der Waals surface area contributed by atoms with Crippen LogP contribution in [0.25, 0.3) is 16.3 Å². The van der Waals surface area contributed by atoms with Gasteiger partial charge in [0.1, 0.15) is 5.01 Å². The van der Waals surface area contributed by atoms with E-state index >= 15 is 0 Å². The van der Waals surface area contributed by atoms with Crippen LogP contribution in [0.4, 0.5) is 0 Å². The van der Waals surface area contributed by atoms with Crippen LogP contribution in [0.15, 0.2) is 51.6 Å². The molecule has 120 valence electrons. The van der Waals surface area contributed by atoms with E-state index in [0.717, 1.165) is 21.5 Å². The van der Waals surface area contributed by atoms with Crippen molar-refractivity contribution in [1.82, 2.24) is 25.2 Å². The molecule has 0 aliphatic rings. The van der Waals surface area contributed by atoms with Gasteiger partial charge in [0.25, 0.3) is 0 Å². The summed E-state index contributed by atoms with van der Waals surface area (Å²) in [6, 6.07) is 9.50. The molecule has 0 saturated carbocycles. The van der Waals surface area contributed by atoms with Crippen LogP contribution in [0.3, 0.4) is 0 Å². The van der Waals surface area contributed by atoms with Gasteiger partial charge in [-0.2, -0.15) is 16.0 Å². The van der Waals surface area contributed by atoms with Gasteiger partial charge in [0.05, 0.1) is 11.4 Å². The van der Waals surface area contributed by atoms with E-state index in [4.69, 9.17) is 11.6 Å². The summed E-state index contributed by atoms with van der Waals surface area (Å²) in [5, 5.41) is 20.6. The van der Waals surface area contributed by atoms with Crippen LogP contribution < -0.4 is 0 Å². The second-order valence-corrected chi connectivity index (χ2v) is 7.81. The Bertz CT molecular complexity index is 930. The van der Waals surface area contributed by atoms with E-state index in [1.807, 2.05) is 24.3 Å². The Morgan fingerprint density at radius 1 is 1.12 bits per heavy atom. The predicted octanol–water partition coefficient (Wildman–Crippen LogP) is 4.79. The third-order valence-electron chi connectivity index (χ3n) is 3.18. The van der Waals surface area contributed by atoms with Crippen LogP contribution in [0.2, 0.25) is 5.02 Å². The van der Waals surface area contributed by atoms with E-state index in [0.29, 0.717) is 10.8 Å². The highest BCUT2D eigenvalue weighted by atomic mass is 35.5. The zero-order chi connectivity index (χ0) is 16.4. The number of rotatable bonds is 5. The Labute approximate surface area is 155 Å². The Morgan fingerprint density at radius 2 is 2.00 bits per heavy atom. The standard InChI is InChI=1S/C15H10ClN5S3/c16-11-1-3-13(4-2-11)21-15(18-19-20-21)24-9-12-8-23-14(17-12)10-5-6-22-7-10/h1-8H,9H2. The topological polar surface area (TPSA) is 56.5 Å². The number of hydrogen-bond acceptors (Lipinski definition) is 7. The van der Waals surface area contributed by atoms with Crippen molar-refractivity contribution in [1.29, 1.82) is 0 Å². The van der Waals surface area contributed by atoms with E-state index in [2.05, 4.69) is 42.7 Å². The molecule has 24 heavy (non-hydrogen) atoms. The maximum absolute atomic E-state index is 5.93. The van der Waals surface area contributed by atoms with E-state index in [-0.39, 0.29) is 0 Å². The monoisotopic (exact) mass is 391 g/mol. The Morgan fingerprint density at radius 3 is 2.79 bits per heavy atom. The first-order valence-electron chi connectivity index (χ1n) is 6.94. The highest BCUT2D eigenvalue weighted by Gasteiger charge is 2.11. The van der Waals surface area contributed by atoms with Gasteiger partial charge in [0.2, 0.25) is 5.16 Å². The van der Waals surface area contributed by atoms with E-state index in [1.165, 1.54) is 5.56 Å². The van der Waals surface area contributed by atoms with Crippen molar-refractivity contribution < 1.29 is 0 Å². The molecule has 5 nitrogen and oxygen atoms in total. The van der Waals surface area contributed by atoms with Crippen LogP contribution in [0, 0.1) is 0 Å². The molecule has 0 spiro atoms. The third kappa shape index (κ3) is 3.36. The van der Waals surface area contributed by atoms with Gasteiger partial charge in [-0.3, -0.25) is 0 Å². The molecule has 9 heteroatoms. The van der Waals surface area contributed by atoms with Gasteiger partial charge in [-0.05, 0) is 46.1 Å². The maximum Gasteiger partial charge on any atom is 0.214 e. The summed E-state index contributed by atoms with van der Waals surface area (Å²) in [5.41, 5.74) is 3.08. The Kier molecular flexibility index (Phi) is 4.61. The summed E-state index contributed by atoms with van der Waals surface area (Å²) in [6.07, 6.45) is 0. The minimum Gasteiger partial charge on any atom is -0.240 e. The second-order valence-electron chi connectivity index (χ2n) is 4.79. The molecule has 0 fully saturated rings. The fourth-order valence-corrected chi connectivity index (χ4v) is 4.59. The van der Waals surface area contributed by atoms with Crippen LogP contribution in [0.1, 0.15) is 5.69 Å². The molecule has 0 radical (unpaired) electrons. The summed E-state index contributed by atoms with van der Waals surface area (Å²) >= 11 is 10.8. The molecule has 0 amide bonds. The van der Waals surface area contributed by atoms with E-state index < -0.39 is 0 Å². The van der Waals surface area contributed by atoms with Gasteiger partial charge in [0, 0.05) is 27.1 Å². The van der Waals surface area contributed by atoms with E-state index in [9.17, 15) is 0 Å². The SMILES string of the molecule is Clc1ccc(-n2nnnc2SCc2csc(-c3ccsc3)n2)cc1. The summed E-state index contributed by atoms with van der Waals surface area (Å²) in [4.78, 5) is 4.68. The van der Waals surface area contributed by atoms with Crippen LogP contribution >= 0.6 is 46.0 Å². The minimum atomic E-state index is 0.685. The number of hydrogen-bond donors (Lipinski definition) is 0. The van der Waals surface area contributed by atoms with Gasteiger partial charge in [-0.25, -0.2) is 4.98 Å². The number of aromatic nitrogens is 5. The molecule has 4 rings (SSSR count). The summed E-state index contributed by atoms with van der Waals surface area (Å²) in [6.45, 7) is 0. The smallest absolute Gasteiger partial charge is 0.214 e. The van der Waals surface area contributed by atoms with Crippen molar-refractivity contribution in [2.75, 3.05) is 0 Å². The summed E-state index contributed by atoms with van der Waals surface area (Å²) < 4.78 is 1.70. The number of thioether (sulfide) groups is 1. The zero-order valence-electron chi connectivity index (χ0n) is 12.2. The molecule has 4 aromatic rings. The molecular weight excluding hydrogens is 382 g/mol. The fourth-order valence-electron chi connectivity index (χ4n) is 2.04. The number of halogens is 1. The lowest BCUT2D eigenvalue weighted by molar-refractivity contribution is 0.756. The van der Waals surface area contributed by atoms with Crippen LogP contribution in [0.5, 0.6) is 0 Å². The Balaban J connectivity index is 1.49. The van der Waals surface area contributed by atoms with Crippen molar-refractivity contribution in [3.8, 4) is 16.3 Å². The molecule has 0 bridgehead atoms. The number of thiazole rings is 1. The van der Waals surface area contributed by atoms with Gasteiger partial charge < -0.3 is 0 Å². The number of nitrogens with zero attached hydrogens (tertiary/aromatic N) is 5. The first kappa shape index (κ1) is 15.8. The molecule has 0 saturated heterocycles. The minimum absolute atomic E-state index is 0.685. The molecule has 3 heterocycles. The normalized spacial score (nSPS) is 11.0. The van der Waals surface area contributed by atoms with Crippen molar-refractivity contribution in [3.63, 3.8) is 0 Å². The van der Waals surface area contributed by atoms with Gasteiger partial charge >= 0.3 is 0 Å². The molecule has 0 atom stereocenters. The van der Waals surface area contributed by atoms with Crippen LogP contribution in [-0.2, 0) is 5.75 Å². The number of benzene rings is 1.